The predicted octanol–water partition coefficient (Wildman–Crippen LogP) is 2.92. The van der Waals surface area contributed by atoms with E-state index in [-0.39, 0.29) is 17.9 Å². The third-order valence-corrected chi connectivity index (χ3v) is 2.38. The van der Waals surface area contributed by atoms with E-state index in [4.69, 9.17) is 0 Å². The van der Waals surface area contributed by atoms with Gasteiger partial charge in [-0.25, -0.2) is 4.39 Å². The van der Waals surface area contributed by atoms with Gasteiger partial charge in [0.15, 0.2) is 0 Å². The van der Waals surface area contributed by atoms with E-state index in [0.29, 0.717) is 6.42 Å². The lowest BCUT2D eigenvalue weighted by molar-refractivity contribution is 0.501. The van der Waals surface area contributed by atoms with Crippen LogP contribution in [0.15, 0.2) is 36.9 Å². The Morgan fingerprint density at radius 3 is 2.67 bits per heavy atom. The summed E-state index contributed by atoms with van der Waals surface area (Å²) in [6.07, 6.45) is 2.54. The molecule has 0 bridgehead atoms. The minimum Gasteiger partial charge on any atom is -0.308 e. The maximum Gasteiger partial charge on any atom is 0.126 e. The first kappa shape index (κ1) is 11.9. The van der Waals surface area contributed by atoms with Gasteiger partial charge in [-0.1, -0.05) is 24.3 Å². The van der Waals surface area contributed by atoms with Gasteiger partial charge in [-0.15, -0.1) is 6.58 Å². The average molecular weight is 207 g/mol. The van der Waals surface area contributed by atoms with Crippen LogP contribution in [0, 0.1) is 5.82 Å². The standard InChI is InChI=1S/C13H18FN/c1-4-10(2)15-11(3)9-12-7-5-6-8-13(12)14/h4-8,10-11,15H,1,9H2,2-3H3. The molecule has 0 spiro atoms. The van der Waals surface area contributed by atoms with Gasteiger partial charge in [0.1, 0.15) is 5.82 Å². The highest BCUT2D eigenvalue weighted by molar-refractivity contribution is 5.18. The van der Waals surface area contributed by atoms with Crippen molar-refractivity contribution in [2.24, 2.45) is 0 Å². The number of hydrogen-bond acceptors (Lipinski definition) is 1. The van der Waals surface area contributed by atoms with Crippen LogP contribution in [0.4, 0.5) is 4.39 Å². The molecular weight excluding hydrogens is 189 g/mol. The molecule has 0 fully saturated rings. The Morgan fingerprint density at radius 2 is 2.07 bits per heavy atom. The summed E-state index contributed by atoms with van der Waals surface area (Å²) in [5.74, 6) is -0.127. The summed E-state index contributed by atoms with van der Waals surface area (Å²) < 4.78 is 13.3. The number of hydrogen-bond donors (Lipinski definition) is 1. The highest BCUT2D eigenvalue weighted by Gasteiger charge is 2.08. The monoisotopic (exact) mass is 207 g/mol. The molecule has 1 rings (SSSR count). The zero-order chi connectivity index (χ0) is 11.3. The second-order valence-corrected chi connectivity index (χ2v) is 3.89. The van der Waals surface area contributed by atoms with Crippen molar-refractivity contribution in [2.75, 3.05) is 0 Å². The van der Waals surface area contributed by atoms with E-state index in [2.05, 4.69) is 11.9 Å². The SMILES string of the molecule is C=CC(C)NC(C)Cc1ccccc1F. The third-order valence-electron chi connectivity index (χ3n) is 2.38. The summed E-state index contributed by atoms with van der Waals surface area (Å²) in [6.45, 7) is 7.78. The molecular formula is C13H18FN. The number of halogens is 1. The molecule has 1 N–H and O–H groups in total. The van der Waals surface area contributed by atoms with Gasteiger partial charge < -0.3 is 5.32 Å². The van der Waals surface area contributed by atoms with E-state index in [1.165, 1.54) is 6.07 Å². The quantitative estimate of drug-likeness (QED) is 0.732. The van der Waals surface area contributed by atoms with Crippen LogP contribution in [-0.4, -0.2) is 12.1 Å². The first-order valence-electron chi connectivity index (χ1n) is 5.25. The van der Waals surface area contributed by atoms with E-state index in [0.717, 1.165) is 5.56 Å². The molecule has 2 unspecified atom stereocenters. The Morgan fingerprint density at radius 1 is 1.40 bits per heavy atom. The molecule has 1 aromatic carbocycles. The Bertz CT molecular complexity index is 322. The fourth-order valence-electron chi connectivity index (χ4n) is 1.57. The topological polar surface area (TPSA) is 12.0 Å². The van der Waals surface area contributed by atoms with Gasteiger partial charge in [0, 0.05) is 12.1 Å². The van der Waals surface area contributed by atoms with Gasteiger partial charge in [-0.3, -0.25) is 0 Å². The number of nitrogens with one attached hydrogen (secondary N) is 1. The minimum atomic E-state index is -0.127. The minimum absolute atomic E-state index is 0.127. The first-order valence-corrected chi connectivity index (χ1v) is 5.25. The Kier molecular flexibility index (Phi) is 4.50. The predicted molar refractivity (Wildman–Crippen MR) is 62.4 cm³/mol. The maximum absolute atomic E-state index is 13.3. The van der Waals surface area contributed by atoms with Crippen molar-refractivity contribution in [3.8, 4) is 0 Å². The zero-order valence-electron chi connectivity index (χ0n) is 9.33. The van der Waals surface area contributed by atoms with Crippen LogP contribution in [0.3, 0.4) is 0 Å². The van der Waals surface area contributed by atoms with E-state index in [1.54, 1.807) is 6.07 Å². The molecule has 0 aliphatic carbocycles. The smallest absolute Gasteiger partial charge is 0.126 e. The van der Waals surface area contributed by atoms with Crippen molar-refractivity contribution in [2.45, 2.75) is 32.4 Å². The fourth-order valence-corrected chi connectivity index (χ4v) is 1.57. The van der Waals surface area contributed by atoms with E-state index in [9.17, 15) is 4.39 Å². The second kappa shape index (κ2) is 5.66. The largest absolute Gasteiger partial charge is 0.308 e. The van der Waals surface area contributed by atoms with Crippen LogP contribution >= 0.6 is 0 Å². The molecule has 0 heterocycles. The highest BCUT2D eigenvalue weighted by Crippen LogP contribution is 2.09. The first-order chi connectivity index (χ1) is 7.13. The van der Waals surface area contributed by atoms with Crippen LogP contribution in [0.25, 0.3) is 0 Å². The van der Waals surface area contributed by atoms with Crippen LogP contribution in [0.5, 0.6) is 0 Å². The Labute approximate surface area is 91.0 Å². The van der Waals surface area contributed by atoms with E-state index < -0.39 is 0 Å². The lowest BCUT2D eigenvalue weighted by Crippen LogP contribution is -2.34. The molecule has 82 valence electrons. The molecule has 0 aliphatic rings. The Hall–Kier alpha value is -1.15. The third kappa shape index (κ3) is 3.84. The molecule has 0 aliphatic heterocycles. The van der Waals surface area contributed by atoms with Gasteiger partial charge >= 0.3 is 0 Å². The maximum atomic E-state index is 13.3. The van der Waals surface area contributed by atoms with Crippen molar-refractivity contribution in [1.29, 1.82) is 0 Å². The van der Waals surface area contributed by atoms with Crippen molar-refractivity contribution in [1.82, 2.24) is 5.32 Å². The molecule has 2 heteroatoms. The molecule has 0 aromatic heterocycles. The summed E-state index contributed by atoms with van der Waals surface area (Å²) in [4.78, 5) is 0. The Balaban J connectivity index is 2.54. The zero-order valence-corrected chi connectivity index (χ0v) is 9.33. The van der Waals surface area contributed by atoms with Crippen molar-refractivity contribution in [3.63, 3.8) is 0 Å². The lowest BCUT2D eigenvalue weighted by atomic mass is 10.1. The van der Waals surface area contributed by atoms with Crippen molar-refractivity contribution < 1.29 is 4.39 Å². The van der Waals surface area contributed by atoms with Crippen molar-refractivity contribution in [3.05, 3.63) is 48.3 Å². The highest BCUT2D eigenvalue weighted by atomic mass is 19.1. The molecule has 2 atom stereocenters. The summed E-state index contributed by atoms with van der Waals surface area (Å²) in [5, 5.41) is 3.32. The average Bonchev–Trinajstić information content (AvgIpc) is 2.21. The summed E-state index contributed by atoms with van der Waals surface area (Å²) >= 11 is 0. The van der Waals surface area contributed by atoms with Crippen LogP contribution < -0.4 is 5.32 Å². The van der Waals surface area contributed by atoms with Gasteiger partial charge in [0.25, 0.3) is 0 Å². The number of rotatable bonds is 5. The summed E-state index contributed by atoms with van der Waals surface area (Å²) in [6, 6.07) is 7.40. The van der Waals surface area contributed by atoms with E-state index >= 15 is 0 Å². The lowest BCUT2D eigenvalue weighted by Gasteiger charge is -2.17. The second-order valence-electron chi connectivity index (χ2n) is 3.89. The molecule has 0 amide bonds. The molecule has 15 heavy (non-hydrogen) atoms. The normalized spacial score (nSPS) is 14.6. The molecule has 0 radical (unpaired) electrons. The van der Waals surface area contributed by atoms with Crippen molar-refractivity contribution >= 4 is 0 Å². The van der Waals surface area contributed by atoms with Gasteiger partial charge in [0.2, 0.25) is 0 Å². The van der Waals surface area contributed by atoms with Crippen LogP contribution in [0.1, 0.15) is 19.4 Å². The van der Waals surface area contributed by atoms with Crippen LogP contribution in [0.2, 0.25) is 0 Å². The van der Waals surface area contributed by atoms with Gasteiger partial charge in [-0.05, 0) is 31.9 Å². The molecule has 1 aromatic rings. The number of benzene rings is 1. The van der Waals surface area contributed by atoms with E-state index in [1.807, 2.05) is 32.1 Å². The summed E-state index contributed by atoms with van der Waals surface area (Å²) in [7, 11) is 0. The van der Waals surface area contributed by atoms with Gasteiger partial charge in [-0.2, -0.15) is 0 Å². The van der Waals surface area contributed by atoms with Crippen LogP contribution in [-0.2, 0) is 6.42 Å². The molecule has 0 saturated heterocycles. The molecule has 1 nitrogen and oxygen atoms in total. The van der Waals surface area contributed by atoms with Gasteiger partial charge in [0.05, 0.1) is 0 Å². The fraction of sp³-hybridized carbons (Fsp3) is 0.385. The molecule has 0 saturated carbocycles. The summed E-state index contributed by atoms with van der Waals surface area (Å²) in [5.41, 5.74) is 0.758.